The molecule has 1 rings (SSSR count). The Balaban J connectivity index is 2.35. The van der Waals surface area contributed by atoms with Crippen LogP contribution in [0.25, 0.3) is 0 Å². The van der Waals surface area contributed by atoms with Gasteiger partial charge in [0.05, 0.1) is 12.7 Å². The Labute approximate surface area is 96.9 Å². The Kier molecular flexibility index (Phi) is 6.34. The SMILES string of the molecule is CCOC(CN1CCOC(C#N)C1)OCC. The maximum absolute atomic E-state index is 8.79. The van der Waals surface area contributed by atoms with Gasteiger partial charge >= 0.3 is 0 Å². The molecule has 1 heterocycles. The normalized spacial score (nSPS) is 22.2. The molecule has 1 saturated heterocycles. The smallest absolute Gasteiger partial charge is 0.170 e. The molecule has 1 aliphatic heterocycles. The third kappa shape index (κ3) is 4.45. The lowest BCUT2D eigenvalue weighted by molar-refractivity contribution is -0.154. The van der Waals surface area contributed by atoms with E-state index in [1.165, 1.54) is 0 Å². The van der Waals surface area contributed by atoms with Gasteiger partial charge in [0.25, 0.3) is 0 Å². The van der Waals surface area contributed by atoms with E-state index in [0.717, 1.165) is 6.54 Å². The van der Waals surface area contributed by atoms with Crippen LogP contribution in [0.4, 0.5) is 0 Å². The van der Waals surface area contributed by atoms with Gasteiger partial charge in [-0.05, 0) is 13.8 Å². The average molecular weight is 228 g/mol. The van der Waals surface area contributed by atoms with Gasteiger partial charge in [0, 0.05) is 32.8 Å². The number of morpholine rings is 1. The summed E-state index contributed by atoms with van der Waals surface area (Å²) >= 11 is 0. The average Bonchev–Trinajstić information content (AvgIpc) is 2.30. The highest BCUT2D eigenvalue weighted by Crippen LogP contribution is 2.07. The molecule has 92 valence electrons. The van der Waals surface area contributed by atoms with Crippen molar-refractivity contribution < 1.29 is 14.2 Å². The molecule has 1 atom stereocenters. The van der Waals surface area contributed by atoms with E-state index in [9.17, 15) is 0 Å². The van der Waals surface area contributed by atoms with Crippen LogP contribution >= 0.6 is 0 Å². The van der Waals surface area contributed by atoms with Gasteiger partial charge in [-0.1, -0.05) is 0 Å². The maximum Gasteiger partial charge on any atom is 0.170 e. The van der Waals surface area contributed by atoms with Crippen LogP contribution in [0.1, 0.15) is 13.8 Å². The van der Waals surface area contributed by atoms with E-state index in [1.54, 1.807) is 0 Å². The van der Waals surface area contributed by atoms with Gasteiger partial charge < -0.3 is 14.2 Å². The van der Waals surface area contributed by atoms with E-state index in [1.807, 2.05) is 13.8 Å². The highest BCUT2D eigenvalue weighted by molar-refractivity contribution is 4.89. The van der Waals surface area contributed by atoms with Crippen LogP contribution in [0.15, 0.2) is 0 Å². The van der Waals surface area contributed by atoms with Gasteiger partial charge in [0.2, 0.25) is 0 Å². The molecule has 0 aromatic heterocycles. The standard InChI is InChI=1S/C11H20N2O3/c1-3-14-11(15-4-2)9-13-5-6-16-10(7-12)8-13/h10-11H,3-6,8-9H2,1-2H3. The van der Waals surface area contributed by atoms with Crippen molar-refractivity contribution in [1.82, 2.24) is 4.90 Å². The predicted octanol–water partition coefficient (Wildman–Crippen LogP) is 0.610. The molecule has 0 bridgehead atoms. The molecule has 16 heavy (non-hydrogen) atoms. The highest BCUT2D eigenvalue weighted by Gasteiger charge is 2.22. The summed E-state index contributed by atoms with van der Waals surface area (Å²) in [4.78, 5) is 2.15. The number of hydrogen-bond donors (Lipinski definition) is 0. The zero-order valence-electron chi connectivity index (χ0n) is 10.0. The molecule has 0 amide bonds. The molecule has 1 fully saturated rings. The molecule has 0 aromatic carbocycles. The zero-order chi connectivity index (χ0) is 11.8. The third-order valence-electron chi connectivity index (χ3n) is 2.41. The minimum atomic E-state index is -0.322. The summed E-state index contributed by atoms with van der Waals surface area (Å²) in [5, 5.41) is 8.79. The second-order valence-corrected chi connectivity index (χ2v) is 3.59. The van der Waals surface area contributed by atoms with Crippen molar-refractivity contribution in [3.05, 3.63) is 0 Å². The lowest BCUT2D eigenvalue weighted by atomic mass is 10.3. The fourth-order valence-corrected chi connectivity index (χ4v) is 1.68. The first kappa shape index (κ1) is 13.4. The van der Waals surface area contributed by atoms with Crippen LogP contribution in [0.5, 0.6) is 0 Å². The Morgan fingerprint density at radius 3 is 2.69 bits per heavy atom. The second kappa shape index (κ2) is 7.58. The Morgan fingerprint density at radius 2 is 2.12 bits per heavy atom. The summed E-state index contributed by atoms with van der Waals surface area (Å²) in [5.74, 6) is 0. The number of nitriles is 1. The zero-order valence-corrected chi connectivity index (χ0v) is 10.0. The lowest BCUT2D eigenvalue weighted by Gasteiger charge is -2.32. The first-order chi connectivity index (χ1) is 7.80. The van der Waals surface area contributed by atoms with E-state index in [2.05, 4.69) is 11.0 Å². The first-order valence-corrected chi connectivity index (χ1v) is 5.76. The topological polar surface area (TPSA) is 54.7 Å². The lowest BCUT2D eigenvalue weighted by Crippen LogP contribution is -2.46. The summed E-state index contributed by atoms with van der Waals surface area (Å²) in [6.07, 6.45) is -0.523. The molecule has 1 aliphatic rings. The van der Waals surface area contributed by atoms with Crippen LogP contribution < -0.4 is 0 Å². The van der Waals surface area contributed by atoms with Gasteiger partial charge in [-0.3, -0.25) is 4.90 Å². The molecule has 5 nitrogen and oxygen atoms in total. The Hall–Kier alpha value is -0.670. The summed E-state index contributed by atoms with van der Waals surface area (Å²) in [7, 11) is 0. The van der Waals surface area contributed by atoms with Gasteiger partial charge in [0.1, 0.15) is 0 Å². The van der Waals surface area contributed by atoms with Crippen molar-refractivity contribution in [2.75, 3.05) is 39.5 Å². The maximum atomic E-state index is 8.79. The molecule has 0 aliphatic carbocycles. The fourth-order valence-electron chi connectivity index (χ4n) is 1.68. The van der Waals surface area contributed by atoms with Gasteiger partial charge in [-0.25, -0.2) is 0 Å². The van der Waals surface area contributed by atoms with Crippen LogP contribution in [0.3, 0.4) is 0 Å². The molecule has 0 radical (unpaired) electrons. The van der Waals surface area contributed by atoms with Crippen molar-refractivity contribution in [3.63, 3.8) is 0 Å². The minimum Gasteiger partial charge on any atom is -0.361 e. The van der Waals surface area contributed by atoms with E-state index in [0.29, 0.717) is 32.9 Å². The number of hydrogen-bond acceptors (Lipinski definition) is 5. The highest BCUT2D eigenvalue weighted by atomic mass is 16.7. The molecule has 0 saturated carbocycles. The van der Waals surface area contributed by atoms with E-state index in [4.69, 9.17) is 19.5 Å². The molecule has 5 heteroatoms. The number of ether oxygens (including phenoxy) is 3. The van der Waals surface area contributed by atoms with Crippen molar-refractivity contribution in [2.24, 2.45) is 0 Å². The molecule has 1 unspecified atom stereocenters. The fraction of sp³-hybridized carbons (Fsp3) is 0.909. The Bertz CT molecular complexity index is 224. The number of nitrogens with zero attached hydrogens (tertiary/aromatic N) is 2. The first-order valence-electron chi connectivity index (χ1n) is 5.76. The van der Waals surface area contributed by atoms with Crippen LogP contribution in [0.2, 0.25) is 0 Å². The Morgan fingerprint density at radius 1 is 1.44 bits per heavy atom. The molecule has 0 N–H and O–H groups in total. The summed E-state index contributed by atoms with van der Waals surface area (Å²) < 4.78 is 16.2. The van der Waals surface area contributed by atoms with Crippen LogP contribution in [0, 0.1) is 11.3 Å². The van der Waals surface area contributed by atoms with Crippen LogP contribution in [-0.4, -0.2) is 56.7 Å². The van der Waals surface area contributed by atoms with Crippen LogP contribution in [-0.2, 0) is 14.2 Å². The molecule has 0 spiro atoms. The second-order valence-electron chi connectivity index (χ2n) is 3.59. The number of rotatable bonds is 6. The van der Waals surface area contributed by atoms with Gasteiger partial charge in [-0.2, -0.15) is 5.26 Å². The predicted molar refractivity (Wildman–Crippen MR) is 58.8 cm³/mol. The van der Waals surface area contributed by atoms with Crippen molar-refractivity contribution >= 4 is 0 Å². The quantitative estimate of drug-likeness (QED) is 0.623. The molecule has 0 aromatic rings. The van der Waals surface area contributed by atoms with E-state index < -0.39 is 0 Å². The third-order valence-corrected chi connectivity index (χ3v) is 2.41. The van der Waals surface area contributed by atoms with Crippen molar-refractivity contribution in [2.45, 2.75) is 26.2 Å². The van der Waals surface area contributed by atoms with Crippen molar-refractivity contribution in [3.8, 4) is 6.07 Å². The minimum absolute atomic E-state index is 0.201. The molecular weight excluding hydrogens is 208 g/mol. The van der Waals surface area contributed by atoms with Crippen molar-refractivity contribution in [1.29, 1.82) is 5.26 Å². The van der Waals surface area contributed by atoms with Gasteiger partial charge in [-0.15, -0.1) is 0 Å². The largest absolute Gasteiger partial charge is 0.361 e. The van der Waals surface area contributed by atoms with E-state index in [-0.39, 0.29) is 12.4 Å². The molecular formula is C11H20N2O3. The summed E-state index contributed by atoms with van der Waals surface area (Å²) in [6.45, 7) is 7.93. The summed E-state index contributed by atoms with van der Waals surface area (Å²) in [5.41, 5.74) is 0. The van der Waals surface area contributed by atoms with E-state index >= 15 is 0 Å². The van der Waals surface area contributed by atoms with Gasteiger partial charge in [0.15, 0.2) is 12.4 Å². The summed E-state index contributed by atoms with van der Waals surface area (Å²) in [6, 6.07) is 2.13. The monoisotopic (exact) mass is 228 g/mol.